The van der Waals surface area contributed by atoms with Crippen LogP contribution in [0.5, 0.6) is 0 Å². The average molecular weight is 370 g/mol. The largest absolute Gasteiger partial charge is 0.454 e. The Morgan fingerprint density at radius 3 is 2.28 bits per heavy atom. The summed E-state index contributed by atoms with van der Waals surface area (Å²) in [6.07, 6.45) is 0. The minimum Gasteiger partial charge on any atom is -0.454 e. The summed E-state index contributed by atoms with van der Waals surface area (Å²) in [4.78, 5) is 25.1. The molecule has 1 aromatic rings. The Hall–Kier alpha value is -1.97. The van der Waals surface area contributed by atoms with Gasteiger partial charge in [0.15, 0.2) is 6.61 Å². The molecule has 1 saturated heterocycles. The number of piperazine rings is 1. The Bertz CT molecular complexity index is 684. The number of sulfonamides is 1. The predicted octanol–water partition coefficient (Wildman–Crippen LogP) is 0.0992. The number of benzene rings is 1. The molecule has 0 aliphatic carbocycles. The number of nitrogens with zero attached hydrogens (tertiary/aromatic N) is 2. The van der Waals surface area contributed by atoms with Crippen LogP contribution in [0.1, 0.15) is 6.92 Å². The predicted molar refractivity (Wildman–Crippen MR) is 89.2 cm³/mol. The van der Waals surface area contributed by atoms with Gasteiger partial charge >= 0.3 is 5.97 Å². The third kappa shape index (κ3) is 5.25. The SMILES string of the molecule is CCOCC(=O)OCC(=O)N1CCN(S(=O)(=O)c2ccccc2)CC1. The zero-order chi connectivity index (χ0) is 18.3. The van der Waals surface area contributed by atoms with E-state index in [2.05, 4.69) is 0 Å². The molecule has 0 saturated carbocycles. The Kier molecular flexibility index (Phi) is 6.91. The summed E-state index contributed by atoms with van der Waals surface area (Å²) in [5.41, 5.74) is 0. The van der Waals surface area contributed by atoms with Gasteiger partial charge in [-0.3, -0.25) is 4.79 Å². The second-order valence-electron chi connectivity index (χ2n) is 5.40. The number of rotatable bonds is 7. The maximum atomic E-state index is 12.5. The Balaban J connectivity index is 1.83. The van der Waals surface area contributed by atoms with E-state index < -0.39 is 16.0 Å². The van der Waals surface area contributed by atoms with Crippen LogP contribution < -0.4 is 0 Å². The second-order valence-corrected chi connectivity index (χ2v) is 7.33. The van der Waals surface area contributed by atoms with Crippen LogP contribution in [-0.2, 0) is 29.1 Å². The van der Waals surface area contributed by atoms with Crippen LogP contribution in [0, 0.1) is 0 Å². The lowest BCUT2D eigenvalue weighted by Gasteiger charge is -2.33. The van der Waals surface area contributed by atoms with Gasteiger partial charge in [0.2, 0.25) is 10.0 Å². The van der Waals surface area contributed by atoms with E-state index >= 15 is 0 Å². The van der Waals surface area contributed by atoms with Crippen molar-refractivity contribution in [2.75, 3.05) is 46.0 Å². The van der Waals surface area contributed by atoms with Crippen molar-refractivity contribution in [3.8, 4) is 0 Å². The molecule has 0 radical (unpaired) electrons. The number of esters is 1. The number of carbonyl (C=O) groups excluding carboxylic acids is 2. The van der Waals surface area contributed by atoms with Crippen LogP contribution >= 0.6 is 0 Å². The second kappa shape index (κ2) is 8.93. The van der Waals surface area contributed by atoms with Gasteiger partial charge in [-0.1, -0.05) is 18.2 Å². The molecule has 1 fully saturated rings. The van der Waals surface area contributed by atoms with E-state index in [1.54, 1.807) is 37.3 Å². The molecule has 0 unspecified atom stereocenters. The Morgan fingerprint density at radius 1 is 1.04 bits per heavy atom. The van der Waals surface area contributed by atoms with Gasteiger partial charge in [-0.15, -0.1) is 0 Å². The van der Waals surface area contributed by atoms with E-state index in [-0.39, 0.29) is 50.2 Å². The van der Waals surface area contributed by atoms with Gasteiger partial charge in [0.25, 0.3) is 5.91 Å². The average Bonchev–Trinajstić information content (AvgIpc) is 2.65. The third-order valence-corrected chi connectivity index (χ3v) is 5.67. The van der Waals surface area contributed by atoms with E-state index in [0.29, 0.717) is 6.61 Å². The van der Waals surface area contributed by atoms with E-state index in [1.807, 2.05) is 0 Å². The molecule has 1 aliphatic heterocycles. The summed E-state index contributed by atoms with van der Waals surface area (Å²) in [7, 11) is -3.55. The first kappa shape index (κ1) is 19.4. The van der Waals surface area contributed by atoms with Crippen molar-refractivity contribution in [1.29, 1.82) is 0 Å². The highest BCUT2D eigenvalue weighted by molar-refractivity contribution is 7.89. The molecule has 1 aromatic carbocycles. The number of ether oxygens (including phenoxy) is 2. The van der Waals surface area contributed by atoms with Crippen LogP contribution in [0.25, 0.3) is 0 Å². The maximum Gasteiger partial charge on any atom is 0.332 e. The van der Waals surface area contributed by atoms with Crippen LogP contribution in [0.2, 0.25) is 0 Å². The summed E-state index contributed by atoms with van der Waals surface area (Å²) in [6.45, 7) is 2.51. The van der Waals surface area contributed by atoms with E-state index in [0.717, 1.165) is 0 Å². The molecule has 0 N–H and O–H groups in total. The lowest BCUT2D eigenvalue weighted by molar-refractivity contribution is -0.156. The molecule has 9 heteroatoms. The monoisotopic (exact) mass is 370 g/mol. The van der Waals surface area contributed by atoms with E-state index in [1.165, 1.54) is 9.21 Å². The fraction of sp³-hybridized carbons (Fsp3) is 0.500. The van der Waals surface area contributed by atoms with Crippen LogP contribution in [0.15, 0.2) is 35.2 Å². The van der Waals surface area contributed by atoms with Crippen molar-refractivity contribution < 1.29 is 27.5 Å². The Labute approximate surface area is 147 Å². The Morgan fingerprint density at radius 2 is 1.68 bits per heavy atom. The molecule has 1 aliphatic rings. The first-order valence-electron chi connectivity index (χ1n) is 8.01. The van der Waals surface area contributed by atoms with E-state index in [9.17, 15) is 18.0 Å². The quantitative estimate of drug-likeness (QED) is 0.632. The topological polar surface area (TPSA) is 93.2 Å². The van der Waals surface area contributed by atoms with Gasteiger partial charge < -0.3 is 14.4 Å². The summed E-state index contributed by atoms with van der Waals surface area (Å²) >= 11 is 0. The molecule has 1 amide bonds. The van der Waals surface area contributed by atoms with Crippen molar-refractivity contribution in [2.24, 2.45) is 0 Å². The van der Waals surface area contributed by atoms with Crippen molar-refractivity contribution in [3.05, 3.63) is 30.3 Å². The minimum absolute atomic E-state index is 0.188. The normalized spacial score (nSPS) is 15.8. The first-order chi connectivity index (χ1) is 11.9. The summed E-state index contributed by atoms with van der Waals surface area (Å²) in [6, 6.07) is 8.18. The van der Waals surface area contributed by atoms with Crippen molar-refractivity contribution in [2.45, 2.75) is 11.8 Å². The highest BCUT2D eigenvalue weighted by atomic mass is 32.2. The van der Waals surface area contributed by atoms with Crippen molar-refractivity contribution in [3.63, 3.8) is 0 Å². The minimum atomic E-state index is -3.55. The summed E-state index contributed by atoms with van der Waals surface area (Å²) < 4.78 is 36.1. The van der Waals surface area contributed by atoms with Crippen molar-refractivity contribution in [1.82, 2.24) is 9.21 Å². The molecule has 0 aromatic heterocycles. The smallest absolute Gasteiger partial charge is 0.332 e. The molecule has 138 valence electrons. The lowest BCUT2D eigenvalue weighted by atomic mass is 10.3. The molecular weight excluding hydrogens is 348 g/mol. The van der Waals surface area contributed by atoms with E-state index in [4.69, 9.17) is 9.47 Å². The fourth-order valence-corrected chi connectivity index (χ4v) is 3.82. The van der Waals surface area contributed by atoms with Gasteiger partial charge in [-0.2, -0.15) is 4.31 Å². The third-order valence-electron chi connectivity index (χ3n) is 3.75. The standard InChI is InChI=1S/C16H22N2O6S/c1-2-23-13-16(20)24-12-15(19)17-8-10-18(11-9-17)25(21,22)14-6-4-3-5-7-14/h3-7H,2,8-13H2,1H3. The van der Waals surface area contributed by atoms with Gasteiger partial charge in [0, 0.05) is 32.8 Å². The molecule has 2 rings (SSSR count). The van der Waals surface area contributed by atoms with Crippen LogP contribution in [0.4, 0.5) is 0 Å². The maximum absolute atomic E-state index is 12.5. The lowest BCUT2D eigenvalue weighted by Crippen LogP contribution is -2.51. The number of hydrogen-bond donors (Lipinski definition) is 0. The zero-order valence-corrected chi connectivity index (χ0v) is 14.9. The summed E-state index contributed by atoms with van der Waals surface area (Å²) in [5.74, 6) is -0.943. The molecule has 0 bridgehead atoms. The van der Waals surface area contributed by atoms with Gasteiger partial charge in [-0.25, -0.2) is 13.2 Å². The first-order valence-corrected chi connectivity index (χ1v) is 9.45. The zero-order valence-electron chi connectivity index (χ0n) is 14.1. The van der Waals surface area contributed by atoms with Gasteiger partial charge in [-0.05, 0) is 19.1 Å². The number of hydrogen-bond acceptors (Lipinski definition) is 6. The molecular formula is C16H22N2O6S. The molecule has 8 nitrogen and oxygen atoms in total. The van der Waals surface area contributed by atoms with Crippen molar-refractivity contribution >= 4 is 21.9 Å². The summed E-state index contributed by atoms with van der Waals surface area (Å²) in [5, 5.41) is 0. The number of amides is 1. The van der Waals surface area contributed by atoms with Gasteiger partial charge in [0.05, 0.1) is 4.90 Å². The molecule has 1 heterocycles. The molecule has 0 spiro atoms. The van der Waals surface area contributed by atoms with Gasteiger partial charge in [0.1, 0.15) is 6.61 Å². The fourth-order valence-electron chi connectivity index (χ4n) is 2.38. The van der Waals surface area contributed by atoms with Crippen LogP contribution in [0.3, 0.4) is 0 Å². The highest BCUT2D eigenvalue weighted by Crippen LogP contribution is 2.17. The molecule has 0 atom stereocenters. The van der Waals surface area contributed by atoms with Crippen LogP contribution in [-0.4, -0.2) is 75.5 Å². The number of carbonyl (C=O) groups is 2. The highest BCUT2D eigenvalue weighted by Gasteiger charge is 2.30. The molecule has 25 heavy (non-hydrogen) atoms.